The number of ether oxygens (including phenoxy) is 1. The number of carbonyl (C=O) groups excluding carboxylic acids is 2. The molecule has 6 nitrogen and oxygen atoms in total. The van der Waals surface area contributed by atoms with Crippen molar-refractivity contribution in [1.29, 1.82) is 0 Å². The van der Waals surface area contributed by atoms with Gasteiger partial charge in [0.05, 0.1) is 25.2 Å². The highest BCUT2D eigenvalue weighted by Gasteiger charge is 2.23. The molecule has 0 bridgehead atoms. The quantitative estimate of drug-likeness (QED) is 0.0321. The zero-order valence-electron chi connectivity index (χ0n) is 43.9. The maximum absolute atomic E-state index is 13.2. The Morgan fingerprint density at radius 2 is 0.809 bits per heavy atom. The fourth-order valence-corrected chi connectivity index (χ4v) is 7.67. The molecule has 0 aliphatic carbocycles. The Bertz CT molecular complexity index is 1430. The minimum atomic E-state index is -0.830. The van der Waals surface area contributed by atoms with E-state index in [0.717, 1.165) is 89.9 Å². The summed E-state index contributed by atoms with van der Waals surface area (Å²) in [6.45, 7) is 6.22. The first-order chi connectivity index (χ1) is 33.5. The van der Waals surface area contributed by atoms with E-state index in [1.807, 2.05) is 12.2 Å². The first kappa shape index (κ1) is 64.3. The van der Waals surface area contributed by atoms with Gasteiger partial charge in [-0.2, -0.15) is 0 Å². The van der Waals surface area contributed by atoms with Crippen LogP contribution in [-0.2, 0) is 14.3 Å². The lowest BCUT2D eigenvalue weighted by atomic mass is 10.0. The third-order valence-corrected chi connectivity index (χ3v) is 11.8. The van der Waals surface area contributed by atoms with Gasteiger partial charge in [-0.1, -0.05) is 251 Å². The number of hydrogen-bond acceptors (Lipinski definition) is 5. The minimum Gasteiger partial charge on any atom is -0.461 e. The molecule has 0 rings (SSSR count). The van der Waals surface area contributed by atoms with E-state index >= 15 is 0 Å². The molecule has 1 amide bonds. The van der Waals surface area contributed by atoms with Crippen molar-refractivity contribution < 1.29 is 24.5 Å². The van der Waals surface area contributed by atoms with Crippen LogP contribution in [0.1, 0.15) is 233 Å². The first-order valence-electron chi connectivity index (χ1n) is 27.8. The lowest BCUT2D eigenvalue weighted by molar-refractivity contribution is -0.150. The van der Waals surface area contributed by atoms with Gasteiger partial charge in [0, 0.05) is 12.8 Å². The fourth-order valence-electron chi connectivity index (χ4n) is 7.67. The summed E-state index contributed by atoms with van der Waals surface area (Å²) >= 11 is 0. The van der Waals surface area contributed by atoms with Gasteiger partial charge in [0.15, 0.2) is 0 Å². The van der Waals surface area contributed by atoms with Crippen molar-refractivity contribution >= 4 is 11.9 Å². The number of aliphatic hydroxyl groups excluding tert-OH is 2. The number of allylic oxidation sites excluding steroid dienone is 19. The highest BCUT2D eigenvalue weighted by molar-refractivity contribution is 5.77. The van der Waals surface area contributed by atoms with Crippen molar-refractivity contribution in [3.8, 4) is 0 Å². The van der Waals surface area contributed by atoms with Crippen molar-refractivity contribution in [2.24, 2.45) is 0 Å². The molecule has 0 aromatic rings. The SMILES string of the molecule is CC/C=C\C/C=C\C/C=C\C/C=C\C/C=C\CCCC(=O)OC(C/C=C\C/C=C\C/C=C\C/C=C\C/C=C\CC)CC(=O)NC(CO)C(O)CCCCCCCCCCCCCCCCCCC. The standard InChI is InChI=1S/C62H103NO5/c1-4-7-10-13-16-19-22-25-28-30-33-36-39-42-45-48-51-54-60(65)59(57-64)63-61(66)56-58(53-50-47-44-41-38-35-32-27-24-21-18-15-12-9-6-3)68-62(67)55-52-49-46-43-40-37-34-31-29-26-23-20-17-14-11-8-5-2/h8-9,11-12,17-18,20-21,26-27,29,32,34,37-38,41,43,46-47,50,58-60,64-65H,4-7,10,13-16,19,22-25,28,30-31,33,35-36,39-40,42,44-45,48-49,51-57H2,1-3H3,(H,63,66)/b11-8-,12-9-,20-17-,21-18-,29-26-,32-27-,37-34-,41-38-,46-43-,50-47-. The zero-order valence-corrected chi connectivity index (χ0v) is 43.9. The summed E-state index contributed by atoms with van der Waals surface area (Å²) in [5.74, 6) is -0.658. The van der Waals surface area contributed by atoms with Crippen LogP contribution in [0.25, 0.3) is 0 Å². The average Bonchev–Trinajstić information content (AvgIpc) is 3.33. The molecule has 0 aliphatic rings. The largest absolute Gasteiger partial charge is 0.461 e. The summed E-state index contributed by atoms with van der Waals surface area (Å²) in [6.07, 6.45) is 75.7. The molecule has 0 aliphatic heterocycles. The van der Waals surface area contributed by atoms with Crippen LogP contribution < -0.4 is 5.32 Å². The second kappa shape index (κ2) is 54.2. The zero-order chi connectivity index (χ0) is 49.5. The molecule has 0 aromatic carbocycles. The van der Waals surface area contributed by atoms with Gasteiger partial charge >= 0.3 is 5.97 Å². The molecule has 0 heterocycles. The number of aliphatic hydroxyl groups is 2. The molecule has 6 heteroatoms. The molecule has 0 fully saturated rings. The second-order valence-electron chi connectivity index (χ2n) is 18.2. The molecule has 0 radical (unpaired) electrons. The van der Waals surface area contributed by atoms with Gasteiger partial charge < -0.3 is 20.3 Å². The molecule has 3 unspecified atom stereocenters. The smallest absolute Gasteiger partial charge is 0.306 e. The number of rotatable bonds is 48. The molecular formula is C62H103NO5. The number of carbonyl (C=O) groups is 2. The third-order valence-electron chi connectivity index (χ3n) is 11.8. The van der Waals surface area contributed by atoms with Gasteiger partial charge in [-0.15, -0.1) is 0 Å². The molecule has 0 aromatic heterocycles. The molecule has 0 saturated heterocycles. The van der Waals surface area contributed by atoms with Gasteiger partial charge in [0.25, 0.3) is 0 Å². The van der Waals surface area contributed by atoms with Crippen LogP contribution in [0.15, 0.2) is 122 Å². The van der Waals surface area contributed by atoms with E-state index in [1.165, 1.54) is 89.9 Å². The molecule has 0 spiro atoms. The van der Waals surface area contributed by atoms with Crippen LogP contribution in [0.4, 0.5) is 0 Å². The Hall–Kier alpha value is -3.74. The summed E-state index contributed by atoms with van der Waals surface area (Å²) in [5, 5.41) is 23.8. The van der Waals surface area contributed by atoms with Crippen molar-refractivity contribution in [2.75, 3.05) is 6.61 Å². The predicted octanol–water partition coefficient (Wildman–Crippen LogP) is 17.2. The van der Waals surface area contributed by atoms with Gasteiger partial charge in [-0.25, -0.2) is 0 Å². The maximum atomic E-state index is 13.2. The van der Waals surface area contributed by atoms with Gasteiger partial charge in [-0.05, 0) is 83.5 Å². The topological polar surface area (TPSA) is 95.9 Å². The highest BCUT2D eigenvalue weighted by Crippen LogP contribution is 2.16. The van der Waals surface area contributed by atoms with Crippen LogP contribution in [0.2, 0.25) is 0 Å². The summed E-state index contributed by atoms with van der Waals surface area (Å²) in [5.41, 5.74) is 0. The Kier molecular flexibility index (Phi) is 51.2. The lowest BCUT2D eigenvalue weighted by Gasteiger charge is -2.24. The van der Waals surface area contributed by atoms with Gasteiger partial charge in [-0.3, -0.25) is 9.59 Å². The molecule has 3 N–H and O–H groups in total. The Morgan fingerprint density at radius 1 is 0.456 bits per heavy atom. The number of nitrogens with one attached hydrogen (secondary N) is 1. The fraction of sp³-hybridized carbons (Fsp3) is 0.645. The van der Waals surface area contributed by atoms with E-state index in [9.17, 15) is 19.8 Å². The first-order valence-corrected chi connectivity index (χ1v) is 27.8. The van der Waals surface area contributed by atoms with E-state index in [0.29, 0.717) is 19.3 Å². The van der Waals surface area contributed by atoms with E-state index in [1.54, 1.807) is 0 Å². The molecule has 0 saturated carbocycles. The molecular weight excluding hydrogens is 839 g/mol. The molecule has 3 atom stereocenters. The van der Waals surface area contributed by atoms with Gasteiger partial charge in [0.2, 0.25) is 5.91 Å². The summed E-state index contributed by atoms with van der Waals surface area (Å²) < 4.78 is 5.85. The summed E-state index contributed by atoms with van der Waals surface area (Å²) in [6, 6.07) is -0.753. The van der Waals surface area contributed by atoms with Crippen LogP contribution in [0.5, 0.6) is 0 Å². The monoisotopic (exact) mass is 942 g/mol. The van der Waals surface area contributed by atoms with Crippen LogP contribution >= 0.6 is 0 Å². The van der Waals surface area contributed by atoms with E-state index < -0.39 is 18.2 Å². The van der Waals surface area contributed by atoms with Gasteiger partial charge in [0.1, 0.15) is 6.10 Å². The Balaban J connectivity index is 4.76. The number of amides is 1. The maximum Gasteiger partial charge on any atom is 0.306 e. The van der Waals surface area contributed by atoms with Crippen LogP contribution in [-0.4, -0.2) is 46.9 Å². The van der Waals surface area contributed by atoms with Crippen molar-refractivity contribution in [2.45, 2.75) is 251 Å². The third kappa shape index (κ3) is 48.7. The van der Waals surface area contributed by atoms with E-state index in [4.69, 9.17) is 4.74 Å². The molecule has 68 heavy (non-hydrogen) atoms. The van der Waals surface area contributed by atoms with E-state index in [-0.39, 0.29) is 31.3 Å². The Morgan fingerprint density at radius 3 is 1.19 bits per heavy atom. The normalized spacial score (nSPS) is 14.1. The summed E-state index contributed by atoms with van der Waals surface area (Å²) in [7, 11) is 0. The van der Waals surface area contributed by atoms with Crippen LogP contribution in [0, 0.1) is 0 Å². The lowest BCUT2D eigenvalue weighted by Crippen LogP contribution is -2.46. The van der Waals surface area contributed by atoms with E-state index in [2.05, 4.69) is 135 Å². The minimum absolute atomic E-state index is 0.0306. The molecule has 386 valence electrons. The van der Waals surface area contributed by atoms with Crippen LogP contribution in [0.3, 0.4) is 0 Å². The number of unbranched alkanes of at least 4 members (excludes halogenated alkanes) is 17. The van der Waals surface area contributed by atoms with Crippen molar-refractivity contribution in [3.63, 3.8) is 0 Å². The van der Waals surface area contributed by atoms with Crippen molar-refractivity contribution in [1.82, 2.24) is 5.32 Å². The Labute approximate surface area is 419 Å². The predicted molar refractivity (Wildman–Crippen MR) is 296 cm³/mol. The number of hydrogen-bond donors (Lipinski definition) is 3. The second-order valence-corrected chi connectivity index (χ2v) is 18.2. The van der Waals surface area contributed by atoms with Crippen molar-refractivity contribution in [3.05, 3.63) is 122 Å². The summed E-state index contributed by atoms with van der Waals surface area (Å²) in [4.78, 5) is 26.2. The average molecular weight is 943 g/mol. The number of esters is 1. The highest BCUT2D eigenvalue weighted by atomic mass is 16.5.